The highest BCUT2D eigenvalue weighted by molar-refractivity contribution is 5.82. The minimum atomic E-state index is -0.115. The zero-order valence-corrected chi connectivity index (χ0v) is 16.6. The van der Waals surface area contributed by atoms with Gasteiger partial charge in [0.15, 0.2) is 0 Å². The molecule has 0 radical (unpaired) electrons. The van der Waals surface area contributed by atoms with Crippen LogP contribution in [0.15, 0.2) is 0 Å². The molecule has 1 saturated carbocycles. The average Bonchev–Trinajstić information content (AvgIpc) is 3.19. The number of ether oxygens (including phenoxy) is 1. The molecule has 4 aliphatic rings. The Morgan fingerprint density at radius 1 is 0.889 bits per heavy atom. The molecule has 3 aliphatic heterocycles. The van der Waals surface area contributed by atoms with E-state index in [9.17, 15) is 9.59 Å². The van der Waals surface area contributed by atoms with E-state index in [1.54, 1.807) is 6.92 Å². The third-order valence-electron chi connectivity index (χ3n) is 6.78. The van der Waals surface area contributed by atoms with Crippen molar-refractivity contribution in [3.05, 3.63) is 0 Å². The molecule has 152 valence electrons. The summed E-state index contributed by atoms with van der Waals surface area (Å²) in [6.07, 6.45) is 7.74. The third kappa shape index (κ3) is 4.46. The number of carbonyl (C=O) groups is 2. The van der Waals surface area contributed by atoms with Crippen molar-refractivity contribution in [3.8, 4) is 0 Å². The Morgan fingerprint density at radius 3 is 2.44 bits per heavy atom. The lowest BCUT2D eigenvalue weighted by Gasteiger charge is -2.36. The number of hydrogen-bond acceptors (Lipinski definition) is 5. The average molecular weight is 379 g/mol. The number of rotatable bonds is 4. The first-order valence-corrected chi connectivity index (χ1v) is 10.8. The SMILES string of the molecule is CC(=O)N1CCC(OC2CCC(C(=O)N3CCCN(C4CCC4)CC3)N2)C1. The van der Waals surface area contributed by atoms with Crippen molar-refractivity contribution < 1.29 is 14.3 Å². The fourth-order valence-corrected chi connectivity index (χ4v) is 4.86. The molecular formula is C20H34N4O3. The molecule has 7 nitrogen and oxygen atoms in total. The highest BCUT2D eigenvalue weighted by atomic mass is 16.5. The summed E-state index contributed by atoms with van der Waals surface area (Å²) in [5.41, 5.74) is 0. The van der Waals surface area contributed by atoms with Gasteiger partial charge < -0.3 is 14.5 Å². The van der Waals surface area contributed by atoms with Crippen LogP contribution in [0.3, 0.4) is 0 Å². The Balaban J connectivity index is 1.22. The van der Waals surface area contributed by atoms with Crippen LogP contribution < -0.4 is 5.32 Å². The Morgan fingerprint density at radius 2 is 1.74 bits per heavy atom. The van der Waals surface area contributed by atoms with E-state index in [2.05, 4.69) is 15.1 Å². The molecule has 3 unspecified atom stereocenters. The monoisotopic (exact) mass is 378 g/mol. The van der Waals surface area contributed by atoms with Gasteiger partial charge >= 0.3 is 0 Å². The standard InChI is InChI=1S/C20H34N4O3/c1-15(25)24-11-8-17(14-24)27-19-7-6-18(21-19)20(26)23-10-3-9-22(12-13-23)16-4-2-5-16/h16-19,21H,2-14H2,1H3. The number of amides is 2. The molecule has 0 bridgehead atoms. The lowest BCUT2D eigenvalue weighted by atomic mass is 9.91. The molecule has 0 aromatic rings. The lowest BCUT2D eigenvalue weighted by Crippen LogP contribution is -2.48. The van der Waals surface area contributed by atoms with Gasteiger partial charge in [-0.15, -0.1) is 0 Å². The van der Waals surface area contributed by atoms with E-state index in [-0.39, 0.29) is 30.2 Å². The summed E-state index contributed by atoms with van der Waals surface area (Å²) in [4.78, 5) is 30.9. The first-order chi connectivity index (χ1) is 13.1. The molecule has 0 aromatic heterocycles. The van der Waals surface area contributed by atoms with E-state index in [4.69, 9.17) is 4.74 Å². The van der Waals surface area contributed by atoms with E-state index < -0.39 is 0 Å². The Labute approximate surface area is 162 Å². The molecule has 2 amide bonds. The van der Waals surface area contributed by atoms with Crippen molar-refractivity contribution in [2.45, 2.75) is 76.3 Å². The number of likely N-dealkylation sites (tertiary alicyclic amines) is 1. The molecule has 7 heteroatoms. The quantitative estimate of drug-likeness (QED) is 0.784. The molecule has 3 atom stereocenters. The fourth-order valence-electron chi connectivity index (χ4n) is 4.86. The van der Waals surface area contributed by atoms with Crippen LogP contribution in [0.4, 0.5) is 0 Å². The molecule has 3 saturated heterocycles. The molecule has 1 N–H and O–H groups in total. The largest absolute Gasteiger partial charge is 0.358 e. The normalized spacial score (nSPS) is 33.1. The maximum Gasteiger partial charge on any atom is 0.239 e. The summed E-state index contributed by atoms with van der Waals surface area (Å²) < 4.78 is 6.13. The minimum absolute atomic E-state index is 0.0608. The summed E-state index contributed by atoms with van der Waals surface area (Å²) in [6, 6.07) is 0.652. The van der Waals surface area contributed by atoms with Crippen molar-refractivity contribution >= 4 is 11.8 Å². The van der Waals surface area contributed by atoms with Gasteiger partial charge in [0.1, 0.15) is 6.23 Å². The van der Waals surface area contributed by atoms with Gasteiger partial charge in [-0.1, -0.05) is 6.42 Å². The molecule has 4 fully saturated rings. The molecule has 27 heavy (non-hydrogen) atoms. The predicted octanol–water partition coefficient (Wildman–Crippen LogP) is 0.789. The van der Waals surface area contributed by atoms with Crippen LogP contribution in [0, 0.1) is 0 Å². The Bertz CT molecular complexity index is 553. The van der Waals surface area contributed by atoms with E-state index in [1.165, 1.54) is 19.3 Å². The first-order valence-electron chi connectivity index (χ1n) is 10.8. The van der Waals surface area contributed by atoms with Crippen LogP contribution >= 0.6 is 0 Å². The second-order valence-corrected chi connectivity index (χ2v) is 8.60. The summed E-state index contributed by atoms with van der Waals surface area (Å²) in [5, 5.41) is 3.41. The highest BCUT2D eigenvalue weighted by Crippen LogP contribution is 2.26. The van der Waals surface area contributed by atoms with E-state index in [1.807, 2.05) is 4.90 Å². The van der Waals surface area contributed by atoms with Gasteiger partial charge in [-0.2, -0.15) is 0 Å². The van der Waals surface area contributed by atoms with Crippen LogP contribution in [-0.4, -0.2) is 90.2 Å². The van der Waals surface area contributed by atoms with Crippen molar-refractivity contribution in [1.29, 1.82) is 0 Å². The zero-order chi connectivity index (χ0) is 18.8. The van der Waals surface area contributed by atoms with Crippen LogP contribution in [0.1, 0.15) is 51.9 Å². The maximum absolute atomic E-state index is 13.0. The van der Waals surface area contributed by atoms with Gasteiger partial charge in [0.05, 0.1) is 12.1 Å². The lowest BCUT2D eigenvalue weighted by molar-refractivity contribution is -0.133. The second kappa shape index (κ2) is 8.45. The van der Waals surface area contributed by atoms with Gasteiger partial charge in [-0.25, -0.2) is 0 Å². The van der Waals surface area contributed by atoms with E-state index in [0.29, 0.717) is 6.54 Å². The van der Waals surface area contributed by atoms with Crippen LogP contribution in [0.25, 0.3) is 0 Å². The predicted molar refractivity (Wildman–Crippen MR) is 102 cm³/mol. The molecular weight excluding hydrogens is 344 g/mol. The van der Waals surface area contributed by atoms with Crippen LogP contribution in [-0.2, 0) is 14.3 Å². The number of nitrogens with one attached hydrogen (secondary N) is 1. The van der Waals surface area contributed by atoms with Crippen molar-refractivity contribution in [2.24, 2.45) is 0 Å². The summed E-state index contributed by atoms with van der Waals surface area (Å²) >= 11 is 0. The summed E-state index contributed by atoms with van der Waals surface area (Å²) in [7, 11) is 0. The zero-order valence-electron chi connectivity index (χ0n) is 16.6. The maximum atomic E-state index is 13.0. The molecule has 4 rings (SSSR count). The summed E-state index contributed by atoms with van der Waals surface area (Å²) in [6.45, 7) is 6.95. The van der Waals surface area contributed by atoms with Crippen LogP contribution in [0.5, 0.6) is 0 Å². The number of nitrogens with zero attached hydrogens (tertiary/aromatic N) is 3. The van der Waals surface area contributed by atoms with Crippen molar-refractivity contribution in [2.75, 3.05) is 39.3 Å². The Hall–Kier alpha value is -1.18. The van der Waals surface area contributed by atoms with E-state index >= 15 is 0 Å². The molecule has 0 aromatic carbocycles. The number of hydrogen-bond donors (Lipinski definition) is 1. The molecule has 0 spiro atoms. The smallest absolute Gasteiger partial charge is 0.239 e. The fraction of sp³-hybridized carbons (Fsp3) is 0.900. The number of carbonyl (C=O) groups excluding carboxylic acids is 2. The van der Waals surface area contributed by atoms with Gasteiger partial charge in [0.25, 0.3) is 0 Å². The third-order valence-corrected chi connectivity index (χ3v) is 6.78. The van der Waals surface area contributed by atoms with E-state index in [0.717, 1.165) is 64.4 Å². The second-order valence-electron chi connectivity index (χ2n) is 8.60. The highest BCUT2D eigenvalue weighted by Gasteiger charge is 2.36. The minimum Gasteiger partial charge on any atom is -0.358 e. The van der Waals surface area contributed by atoms with Gasteiger partial charge in [0.2, 0.25) is 11.8 Å². The first kappa shape index (κ1) is 19.2. The molecule has 3 heterocycles. The summed E-state index contributed by atoms with van der Waals surface area (Å²) in [5.74, 6) is 0.360. The molecule has 1 aliphatic carbocycles. The van der Waals surface area contributed by atoms with Crippen molar-refractivity contribution in [1.82, 2.24) is 20.0 Å². The van der Waals surface area contributed by atoms with Gasteiger partial charge in [-0.05, 0) is 38.5 Å². The van der Waals surface area contributed by atoms with Crippen molar-refractivity contribution in [3.63, 3.8) is 0 Å². The van der Waals surface area contributed by atoms with Crippen LogP contribution in [0.2, 0.25) is 0 Å². The van der Waals surface area contributed by atoms with Gasteiger partial charge in [-0.3, -0.25) is 19.8 Å². The van der Waals surface area contributed by atoms with Gasteiger partial charge in [0, 0.05) is 52.2 Å². The topological polar surface area (TPSA) is 65.1 Å². The Kier molecular flexibility index (Phi) is 5.99.